The largest absolute Gasteiger partial charge is 0.336 e. The Labute approximate surface area is 214 Å². The lowest BCUT2D eigenvalue weighted by Crippen LogP contribution is -2.57. The van der Waals surface area contributed by atoms with Gasteiger partial charge in [0.25, 0.3) is 17.7 Å². The van der Waals surface area contributed by atoms with E-state index in [1.54, 1.807) is 40.6 Å². The molecule has 2 aromatic carbocycles. The summed E-state index contributed by atoms with van der Waals surface area (Å²) in [7, 11) is -4.23. The lowest BCUT2D eigenvalue weighted by Gasteiger charge is -2.36. The quantitative estimate of drug-likeness (QED) is 0.533. The second kappa shape index (κ2) is 10.6. The van der Waals surface area contributed by atoms with E-state index in [1.165, 1.54) is 17.0 Å². The molecule has 0 bridgehead atoms. The van der Waals surface area contributed by atoms with Crippen LogP contribution in [-0.4, -0.2) is 67.5 Å². The van der Waals surface area contributed by atoms with Crippen molar-refractivity contribution in [2.24, 2.45) is 0 Å². The van der Waals surface area contributed by atoms with Crippen LogP contribution < -0.4 is 5.32 Å². The highest BCUT2D eigenvalue weighted by atomic mass is 32.2. The van der Waals surface area contributed by atoms with Crippen LogP contribution in [0.4, 0.5) is 0 Å². The van der Waals surface area contributed by atoms with Crippen LogP contribution in [0, 0.1) is 13.8 Å². The van der Waals surface area contributed by atoms with Gasteiger partial charge in [0, 0.05) is 31.7 Å². The van der Waals surface area contributed by atoms with Crippen molar-refractivity contribution in [3.8, 4) is 0 Å². The van der Waals surface area contributed by atoms with E-state index in [1.807, 2.05) is 32.0 Å². The van der Waals surface area contributed by atoms with E-state index >= 15 is 0 Å². The van der Waals surface area contributed by atoms with Gasteiger partial charge in [0.1, 0.15) is 0 Å². The molecule has 0 saturated carbocycles. The van der Waals surface area contributed by atoms with E-state index in [4.69, 9.17) is 0 Å². The Morgan fingerprint density at radius 1 is 0.861 bits per heavy atom. The van der Waals surface area contributed by atoms with Gasteiger partial charge in [0.2, 0.25) is 15.2 Å². The second-order valence-electron chi connectivity index (χ2n) is 8.68. The van der Waals surface area contributed by atoms with E-state index in [0.717, 1.165) is 22.5 Å². The maximum atomic E-state index is 13.5. The van der Waals surface area contributed by atoms with Crippen LogP contribution in [-0.2, 0) is 14.6 Å². The molecule has 0 aliphatic carbocycles. The zero-order valence-corrected chi connectivity index (χ0v) is 21.6. The first kappa shape index (κ1) is 25.6. The third-order valence-corrected chi connectivity index (χ3v) is 8.77. The van der Waals surface area contributed by atoms with Crippen molar-refractivity contribution in [2.45, 2.75) is 24.1 Å². The first-order valence-electron chi connectivity index (χ1n) is 11.5. The number of benzene rings is 2. The maximum Gasteiger partial charge on any atom is 0.262 e. The fraction of sp³-hybridized carbons (Fsp3) is 0.269. The number of amides is 3. The molecule has 1 unspecified atom stereocenters. The standard InChI is InChI=1S/C26H27N3O5S2/c1-18-8-10-21(11-9-18)36(33,34)24(27-23(30)22-7-4-16-35-22)26(32)29-14-12-28(13-15-29)25(31)20-6-3-5-19(2)17-20/h3-11,16-17,24H,12-15H2,1-2H3,(H,27,30). The molecular formula is C26H27N3O5S2. The molecule has 1 fully saturated rings. The van der Waals surface area contributed by atoms with Crippen molar-refractivity contribution in [2.75, 3.05) is 26.2 Å². The highest BCUT2D eigenvalue weighted by Crippen LogP contribution is 2.20. The Bertz CT molecular complexity index is 1360. The van der Waals surface area contributed by atoms with E-state index in [9.17, 15) is 22.8 Å². The van der Waals surface area contributed by atoms with Crippen LogP contribution in [0.15, 0.2) is 70.9 Å². The molecule has 4 rings (SSSR count). The molecule has 8 nitrogen and oxygen atoms in total. The zero-order valence-electron chi connectivity index (χ0n) is 20.0. The number of nitrogens with zero attached hydrogens (tertiary/aromatic N) is 2. The molecule has 1 aromatic heterocycles. The summed E-state index contributed by atoms with van der Waals surface area (Å²) >= 11 is 1.16. The van der Waals surface area contributed by atoms with Crippen molar-refractivity contribution in [3.05, 3.63) is 87.6 Å². The van der Waals surface area contributed by atoms with Gasteiger partial charge in [-0.3, -0.25) is 14.4 Å². The van der Waals surface area contributed by atoms with E-state index in [-0.39, 0.29) is 37.0 Å². The first-order chi connectivity index (χ1) is 17.2. The number of rotatable bonds is 6. The summed E-state index contributed by atoms with van der Waals surface area (Å²) in [4.78, 5) is 42.5. The molecule has 1 saturated heterocycles. The van der Waals surface area contributed by atoms with Gasteiger partial charge in [-0.05, 0) is 49.6 Å². The van der Waals surface area contributed by atoms with Crippen molar-refractivity contribution in [1.29, 1.82) is 0 Å². The smallest absolute Gasteiger partial charge is 0.262 e. The zero-order chi connectivity index (χ0) is 25.9. The molecule has 1 aliphatic rings. The summed E-state index contributed by atoms with van der Waals surface area (Å²) in [6, 6.07) is 16.7. The summed E-state index contributed by atoms with van der Waals surface area (Å²) < 4.78 is 27.0. The molecular weight excluding hydrogens is 498 g/mol. The third kappa shape index (κ3) is 5.50. The fourth-order valence-electron chi connectivity index (χ4n) is 3.99. The minimum atomic E-state index is -4.23. The number of nitrogens with one attached hydrogen (secondary N) is 1. The highest BCUT2D eigenvalue weighted by molar-refractivity contribution is 7.92. The van der Waals surface area contributed by atoms with Crippen LogP contribution in [0.5, 0.6) is 0 Å². The van der Waals surface area contributed by atoms with E-state index < -0.39 is 27.0 Å². The predicted molar refractivity (Wildman–Crippen MR) is 138 cm³/mol. The Kier molecular flexibility index (Phi) is 7.56. The molecule has 1 aliphatic heterocycles. The number of carbonyl (C=O) groups excluding carboxylic acids is 3. The molecule has 0 spiro atoms. The van der Waals surface area contributed by atoms with Crippen LogP contribution in [0.3, 0.4) is 0 Å². The van der Waals surface area contributed by atoms with Gasteiger partial charge in [-0.1, -0.05) is 41.5 Å². The summed E-state index contributed by atoms with van der Waals surface area (Å²) in [5, 5.41) is 2.36. The summed E-state index contributed by atoms with van der Waals surface area (Å²) in [5.41, 5.74) is 2.41. The van der Waals surface area contributed by atoms with Crippen molar-refractivity contribution in [1.82, 2.24) is 15.1 Å². The number of sulfone groups is 1. The Hall–Kier alpha value is -3.50. The lowest BCUT2D eigenvalue weighted by atomic mass is 10.1. The number of aryl methyl sites for hydroxylation is 2. The van der Waals surface area contributed by atoms with Crippen LogP contribution >= 0.6 is 11.3 Å². The predicted octanol–water partition coefficient (Wildman–Crippen LogP) is 2.88. The Morgan fingerprint density at radius 2 is 1.53 bits per heavy atom. The third-order valence-electron chi connectivity index (χ3n) is 6.03. The minimum Gasteiger partial charge on any atom is -0.336 e. The molecule has 1 atom stereocenters. The highest BCUT2D eigenvalue weighted by Gasteiger charge is 2.39. The molecule has 2 heterocycles. The summed E-state index contributed by atoms with van der Waals surface area (Å²) in [5.74, 6) is -1.49. The molecule has 1 N–H and O–H groups in total. The average Bonchev–Trinajstić information content (AvgIpc) is 3.42. The van der Waals surface area contributed by atoms with Crippen LogP contribution in [0.25, 0.3) is 0 Å². The number of carbonyl (C=O) groups is 3. The van der Waals surface area contributed by atoms with Gasteiger partial charge >= 0.3 is 0 Å². The Balaban J connectivity index is 1.53. The van der Waals surface area contributed by atoms with Crippen LogP contribution in [0.1, 0.15) is 31.2 Å². The second-order valence-corrected chi connectivity index (χ2v) is 11.7. The normalized spacial score (nSPS) is 14.8. The van der Waals surface area contributed by atoms with Crippen molar-refractivity contribution < 1.29 is 22.8 Å². The summed E-state index contributed by atoms with van der Waals surface area (Å²) in [6.45, 7) is 4.57. The van der Waals surface area contributed by atoms with Gasteiger partial charge in [-0.15, -0.1) is 11.3 Å². The Morgan fingerprint density at radius 3 is 2.14 bits per heavy atom. The van der Waals surface area contributed by atoms with Gasteiger partial charge in [-0.2, -0.15) is 0 Å². The monoisotopic (exact) mass is 525 g/mol. The van der Waals surface area contributed by atoms with E-state index in [2.05, 4.69) is 5.32 Å². The lowest BCUT2D eigenvalue weighted by molar-refractivity contribution is -0.132. The molecule has 3 amide bonds. The summed E-state index contributed by atoms with van der Waals surface area (Å²) in [6.07, 6.45) is 0. The first-order valence-corrected chi connectivity index (χ1v) is 13.9. The van der Waals surface area contributed by atoms with Crippen LogP contribution in [0.2, 0.25) is 0 Å². The number of thiophene rings is 1. The van der Waals surface area contributed by atoms with E-state index in [0.29, 0.717) is 10.4 Å². The van der Waals surface area contributed by atoms with Gasteiger partial charge in [0.15, 0.2) is 0 Å². The average molecular weight is 526 g/mol. The SMILES string of the molecule is Cc1ccc(S(=O)(=O)C(NC(=O)c2cccs2)C(=O)N2CCN(C(=O)c3cccc(C)c3)CC2)cc1. The maximum absolute atomic E-state index is 13.5. The molecule has 10 heteroatoms. The fourth-order valence-corrected chi connectivity index (χ4v) is 6.08. The topological polar surface area (TPSA) is 104 Å². The molecule has 36 heavy (non-hydrogen) atoms. The molecule has 188 valence electrons. The van der Waals surface area contributed by atoms with Crippen molar-refractivity contribution in [3.63, 3.8) is 0 Å². The molecule has 0 radical (unpaired) electrons. The van der Waals surface area contributed by atoms with Crippen molar-refractivity contribution >= 4 is 38.9 Å². The minimum absolute atomic E-state index is 0.0498. The van der Waals surface area contributed by atoms with Gasteiger partial charge < -0.3 is 15.1 Å². The molecule has 3 aromatic rings. The van der Waals surface area contributed by atoms with Gasteiger partial charge in [0.05, 0.1) is 9.77 Å². The number of hydrogen-bond donors (Lipinski definition) is 1. The number of piperazine rings is 1. The van der Waals surface area contributed by atoms with Gasteiger partial charge in [-0.25, -0.2) is 8.42 Å². The number of hydrogen-bond acceptors (Lipinski definition) is 6.